The van der Waals surface area contributed by atoms with E-state index in [-0.39, 0.29) is 17.9 Å². The third kappa shape index (κ3) is 3.98. The molecular weight excluding hydrogens is 326 g/mol. The molecule has 1 amide bonds. The average molecular weight is 353 g/mol. The highest BCUT2D eigenvalue weighted by atomic mass is 16.5. The smallest absolute Gasteiger partial charge is 0.224 e. The highest BCUT2D eigenvalue weighted by Gasteiger charge is 2.29. The molecule has 1 atom stereocenters. The van der Waals surface area contributed by atoms with E-state index in [2.05, 4.69) is 34.4 Å². The van der Waals surface area contributed by atoms with Crippen molar-refractivity contribution in [1.29, 1.82) is 0 Å². The van der Waals surface area contributed by atoms with E-state index in [1.807, 2.05) is 24.4 Å². The lowest BCUT2D eigenvalue weighted by Crippen LogP contribution is -2.42. The molecule has 0 spiro atoms. The molecule has 0 bridgehead atoms. The number of carbonyl (C=O) groups is 1. The summed E-state index contributed by atoms with van der Waals surface area (Å²) >= 11 is 0. The van der Waals surface area contributed by atoms with Gasteiger partial charge in [-0.1, -0.05) is 6.07 Å². The standard InChI is InChI=1S/C21H27N3O2/c1-24-12-10-16(14-24)21(25)23-17-4-6-18(7-5-17)26-19-8-9-20-15(13-19)3-2-11-22-20/h2-3,8-9,11,13,16-18H,4-7,10,12,14H2,1H3,(H,23,25). The second kappa shape index (κ2) is 7.62. The first-order chi connectivity index (χ1) is 12.7. The molecule has 1 saturated carbocycles. The Hall–Kier alpha value is -2.14. The van der Waals surface area contributed by atoms with Crippen LogP contribution in [0.4, 0.5) is 0 Å². The van der Waals surface area contributed by atoms with Crippen molar-refractivity contribution in [2.75, 3.05) is 20.1 Å². The molecule has 4 rings (SSSR count). The van der Waals surface area contributed by atoms with Gasteiger partial charge in [0.05, 0.1) is 17.5 Å². The Labute approximate surface area is 154 Å². The summed E-state index contributed by atoms with van der Waals surface area (Å²) in [5, 5.41) is 4.36. The second-order valence-corrected chi connectivity index (χ2v) is 7.71. The van der Waals surface area contributed by atoms with Gasteiger partial charge in [-0.05, 0) is 70.0 Å². The van der Waals surface area contributed by atoms with Gasteiger partial charge in [0.2, 0.25) is 5.91 Å². The number of ether oxygens (including phenoxy) is 1. The molecule has 2 fully saturated rings. The Morgan fingerprint density at radius 1 is 1.19 bits per heavy atom. The van der Waals surface area contributed by atoms with Gasteiger partial charge < -0.3 is 15.0 Å². The number of aromatic nitrogens is 1. The van der Waals surface area contributed by atoms with E-state index in [4.69, 9.17) is 4.74 Å². The summed E-state index contributed by atoms with van der Waals surface area (Å²) in [7, 11) is 2.08. The third-order valence-corrected chi connectivity index (χ3v) is 5.66. The van der Waals surface area contributed by atoms with Gasteiger partial charge in [-0.3, -0.25) is 9.78 Å². The van der Waals surface area contributed by atoms with E-state index in [1.54, 1.807) is 0 Å². The van der Waals surface area contributed by atoms with Crippen LogP contribution in [0.25, 0.3) is 10.9 Å². The van der Waals surface area contributed by atoms with E-state index in [1.165, 1.54) is 0 Å². The molecule has 1 aliphatic carbocycles. The summed E-state index contributed by atoms with van der Waals surface area (Å²) in [5.41, 5.74) is 0.990. The Bertz CT molecular complexity index is 771. The molecule has 0 radical (unpaired) electrons. The molecule has 2 heterocycles. The maximum Gasteiger partial charge on any atom is 0.224 e. The molecule has 2 aliphatic rings. The average Bonchev–Trinajstić information content (AvgIpc) is 3.10. The number of nitrogens with one attached hydrogen (secondary N) is 1. The summed E-state index contributed by atoms with van der Waals surface area (Å²) in [5.74, 6) is 1.31. The molecule has 1 aromatic heterocycles. The minimum absolute atomic E-state index is 0.167. The van der Waals surface area contributed by atoms with Crippen molar-refractivity contribution >= 4 is 16.8 Å². The van der Waals surface area contributed by atoms with Crippen LogP contribution in [0.15, 0.2) is 36.5 Å². The maximum absolute atomic E-state index is 12.4. The Morgan fingerprint density at radius 2 is 2.04 bits per heavy atom. The number of amides is 1. The molecular formula is C21H27N3O2. The number of pyridine rings is 1. The number of hydrogen-bond acceptors (Lipinski definition) is 4. The molecule has 1 aliphatic heterocycles. The number of carbonyl (C=O) groups excluding carboxylic acids is 1. The monoisotopic (exact) mass is 353 g/mol. The lowest BCUT2D eigenvalue weighted by molar-refractivity contribution is -0.125. The van der Waals surface area contributed by atoms with Gasteiger partial charge in [0.1, 0.15) is 5.75 Å². The summed E-state index contributed by atoms with van der Waals surface area (Å²) < 4.78 is 6.18. The number of hydrogen-bond donors (Lipinski definition) is 1. The highest BCUT2D eigenvalue weighted by molar-refractivity contribution is 5.80. The Kier molecular flexibility index (Phi) is 5.07. The van der Waals surface area contributed by atoms with Crippen molar-refractivity contribution in [3.8, 4) is 5.75 Å². The van der Waals surface area contributed by atoms with E-state index in [9.17, 15) is 4.79 Å². The van der Waals surface area contributed by atoms with Gasteiger partial charge in [-0.2, -0.15) is 0 Å². The molecule has 5 nitrogen and oxygen atoms in total. The van der Waals surface area contributed by atoms with Crippen LogP contribution in [0, 0.1) is 5.92 Å². The van der Waals surface area contributed by atoms with Crippen LogP contribution in [0.2, 0.25) is 0 Å². The molecule has 1 saturated heterocycles. The van der Waals surface area contributed by atoms with Crippen LogP contribution in [-0.2, 0) is 4.79 Å². The number of nitrogens with zero attached hydrogens (tertiary/aromatic N) is 2. The first-order valence-electron chi connectivity index (χ1n) is 9.68. The largest absolute Gasteiger partial charge is 0.490 e. The maximum atomic E-state index is 12.4. The fraction of sp³-hybridized carbons (Fsp3) is 0.524. The van der Waals surface area contributed by atoms with Gasteiger partial charge in [-0.25, -0.2) is 0 Å². The number of likely N-dealkylation sites (tertiary alicyclic amines) is 1. The zero-order valence-corrected chi connectivity index (χ0v) is 15.4. The normalized spacial score (nSPS) is 26.7. The predicted octanol–water partition coefficient (Wildman–Crippen LogP) is 2.99. The van der Waals surface area contributed by atoms with Crippen LogP contribution in [0.5, 0.6) is 5.75 Å². The highest BCUT2D eigenvalue weighted by Crippen LogP contribution is 2.26. The van der Waals surface area contributed by atoms with Gasteiger partial charge >= 0.3 is 0 Å². The van der Waals surface area contributed by atoms with Gasteiger partial charge in [0, 0.05) is 24.2 Å². The third-order valence-electron chi connectivity index (χ3n) is 5.66. The zero-order chi connectivity index (χ0) is 17.9. The second-order valence-electron chi connectivity index (χ2n) is 7.71. The molecule has 1 aromatic carbocycles. The van der Waals surface area contributed by atoms with Crippen LogP contribution in [0.1, 0.15) is 32.1 Å². The Morgan fingerprint density at radius 3 is 2.81 bits per heavy atom. The summed E-state index contributed by atoms with van der Waals surface area (Å²) in [6.07, 6.45) is 6.98. The van der Waals surface area contributed by atoms with Crippen molar-refractivity contribution < 1.29 is 9.53 Å². The molecule has 2 aromatic rings. The predicted molar refractivity (Wildman–Crippen MR) is 102 cm³/mol. The van der Waals surface area contributed by atoms with Crippen molar-refractivity contribution in [1.82, 2.24) is 15.2 Å². The summed E-state index contributed by atoms with van der Waals surface area (Å²) in [6, 6.07) is 10.4. The van der Waals surface area contributed by atoms with Crippen LogP contribution in [0.3, 0.4) is 0 Å². The minimum atomic E-state index is 0.167. The van der Waals surface area contributed by atoms with Crippen LogP contribution in [-0.4, -0.2) is 48.1 Å². The number of fused-ring (bicyclic) bond motifs is 1. The first-order valence-corrected chi connectivity index (χ1v) is 9.68. The number of rotatable bonds is 4. The summed E-state index contributed by atoms with van der Waals surface area (Å²) in [4.78, 5) is 19.0. The quantitative estimate of drug-likeness (QED) is 0.918. The Balaban J connectivity index is 1.27. The van der Waals surface area contributed by atoms with Crippen LogP contribution >= 0.6 is 0 Å². The van der Waals surface area contributed by atoms with Gasteiger partial charge in [-0.15, -0.1) is 0 Å². The summed E-state index contributed by atoms with van der Waals surface area (Å²) in [6.45, 7) is 1.92. The SMILES string of the molecule is CN1CCC(C(=O)NC2CCC(Oc3ccc4ncccc4c3)CC2)C1. The minimum Gasteiger partial charge on any atom is -0.490 e. The molecule has 1 N–H and O–H groups in total. The van der Waals surface area contributed by atoms with E-state index < -0.39 is 0 Å². The van der Waals surface area contributed by atoms with E-state index in [0.717, 1.165) is 61.8 Å². The lowest BCUT2D eigenvalue weighted by Gasteiger charge is -2.30. The molecule has 138 valence electrons. The lowest BCUT2D eigenvalue weighted by atomic mass is 9.92. The van der Waals surface area contributed by atoms with E-state index >= 15 is 0 Å². The molecule has 5 heteroatoms. The topological polar surface area (TPSA) is 54.5 Å². The first kappa shape index (κ1) is 17.3. The number of benzene rings is 1. The fourth-order valence-electron chi connectivity index (χ4n) is 4.11. The fourth-order valence-corrected chi connectivity index (χ4v) is 4.11. The zero-order valence-electron chi connectivity index (χ0n) is 15.4. The van der Waals surface area contributed by atoms with Crippen molar-refractivity contribution in [2.45, 2.75) is 44.2 Å². The van der Waals surface area contributed by atoms with Crippen molar-refractivity contribution in [2.24, 2.45) is 5.92 Å². The van der Waals surface area contributed by atoms with Gasteiger partial charge in [0.25, 0.3) is 0 Å². The van der Waals surface area contributed by atoms with Crippen molar-refractivity contribution in [3.05, 3.63) is 36.5 Å². The van der Waals surface area contributed by atoms with Crippen molar-refractivity contribution in [3.63, 3.8) is 0 Å². The van der Waals surface area contributed by atoms with E-state index in [0.29, 0.717) is 6.04 Å². The van der Waals surface area contributed by atoms with Gasteiger partial charge in [0.15, 0.2) is 0 Å². The van der Waals surface area contributed by atoms with Crippen LogP contribution < -0.4 is 10.1 Å². The molecule has 26 heavy (non-hydrogen) atoms. The molecule has 1 unspecified atom stereocenters.